The Balaban J connectivity index is 2.18. The molecule has 1 heterocycles. The van der Waals surface area contributed by atoms with Gasteiger partial charge in [-0.1, -0.05) is 11.6 Å². The largest absolute Gasteiger partial charge is 0.381 e. The Morgan fingerprint density at radius 1 is 1.50 bits per heavy atom. The number of nitrogens with two attached hydrogens (primary N) is 1. The Labute approximate surface area is 122 Å². The van der Waals surface area contributed by atoms with Crippen molar-refractivity contribution < 1.29 is 17.5 Å². The van der Waals surface area contributed by atoms with Crippen LogP contribution >= 0.6 is 11.6 Å². The van der Waals surface area contributed by atoms with Crippen LogP contribution < -0.4 is 10.5 Å². The van der Waals surface area contributed by atoms with Crippen LogP contribution in [0.4, 0.5) is 4.39 Å². The Bertz CT molecular complexity index is 589. The first-order valence-electron chi connectivity index (χ1n) is 6.19. The minimum Gasteiger partial charge on any atom is -0.381 e. The third-order valence-electron chi connectivity index (χ3n) is 3.19. The van der Waals surface area contributed by atoms with Crippen LogP contribution in [-0.2, 0) is 21.3 Å². The SMILES string of the molecule is NCc1cc(S(=O)(=O)NCC2CCOC2)cc(F)c1Cl. The van der Waals surface area contributed by atoms with E-state index in [-0.39, 0.29) is 34.5 Å². The summed E-state index contributed by atoms with van der Waals surface area (Å²) in [7, 11) is -3.78. The van der Waals surface area contributed by atoms with Crippen LogP contribution in [0.1, 0.15) is 12.0 Å². The number of nitrogens with one attached hydrogen (secondary N) is 1. The monoisotopic (exact) mass is 322 g/mol. The lowest BCUT2D eigenvalue weighted by Crippen LogP contribution is -2.29. The van der Waals surface area contributed by atoms with Crippen molar-refractivity contribution in [2.75, 3.05) is 19.8 Å². The average molecular weight is 323 g/mol. The van der Waals surface area contributed by atoms with E-state index >= 15 is 0 Å². The van der Waals surface area contributed by atoms with Crippen LogP contribution in [0.3, 0.4) is 0 Å². The predicted molar refractivity (Wildman–Crippen MR) is 73.4 cm³/mol. The molecule has 0 saturated carbocycles. The molecule has 0 aromatic heterocycles. The molecule has 2 rings (SSSR count). The summed E-state index contributed by atoms with van der Waals surface area (Å²) in [6.45, 7) is 1.41. The van der Waals surface area contributed by atoms with Gasteiger partial charge in [0.25, 0.3) is 0 Å². The molecule has 8 heteroatoms. The Morgan fingerprint density at radius 3 is 2.85 bits per heavy atom. The van der Waals surface area contributed by atoms with Gasteiger partial charge in [0.05, 0.1) is 16.5 Å². The molecule has 1 aromatic carbocycles. The third-order valence-corrected chi connectivity index (χ3v) is 5.02. The van der Waals surface area contributed by atoms with E-state index < -0.39 is 15.8 Å². The van der Waals surface area contributed by atoms with Gasteiger partial charge in [-0.3, -0.25) is 0 Å². The van der Waals surface area contributed by atoms with Gasteiger partial charge in [-0.25, -0.2) is 17.5 Å². The molecular formula is C12H16ClFN2O3S. The zero-order chi connectivity index (χ0) is 14.8. The molecule has 1 aromatic rings. The maximum Gasteiger partial charge on any atom is 0.240 e. The predicted octanol–water partition coefficient (Wildman–Crippen LogP) is 1.25. The van der Waals surface area contributed by atoms with Gasteiger partial charge in [0.2, 0.25) is 10.0 Å². The van der Waals surface area contributed by atoms with E-state index in [1.807, 2.05) is 0 Å². The van der Waals surface area contributed by atoms with Gasteiger partial charge in [-0.2, -0.15) is 0 Å². The van der Waals surface area contributed by atoms with Crippen LogP contribution in [0.15, 0.2) is 17.0 Å². The van der Waals surface area contributed by atoms with Gasteiger partial charge in [0.1, 0.15) is 5.82 Å². The van der Waals surface area contributed by atoms with Crippen molar-refractivity contribution in [2.24, 2.45) is 11.7 Å². The van der Waals surface area contributed by atoms with E-state index in [4.69, 9.17) is 22.1 Å². The summed E-state index contributed by atoms with van der Waals surface area (Å²) in [5.74, 6) is -0.643. The molecule has 0 aliphatic carbocycles. The highest BCUT2D eigenvalue weighted by atomic mass is 35.5. The Hall–Kier alpha value is -0.730. The van der Waals surface area contributed by atoms with Crippen molar-refractivity contribution in [1.82, 2.24) is 4.72 Å². The number of hydrogen-bond donors (Lipinski definition) is 2. The van der Waals surface area contributed by atoms with Crippen LogP contribution in [-0.4, -0.2) is 28.2 Å². The lowest BCUT2D eigenvalue weighted by atomic mass is 10.1. The molecule has 0 radical (unpaired) electrons. The van der Waals surface area contributed by atoms with Gasteiger partial charge in [0.15, 0.2) is 0 Å². The van der Waals surface area contributed by atoms with Crippen LogP contribution in [0, 0.1) is 11.7 Å². The van der Waals surface area contributed by atoms with E-state index in [1.54, 1.807) is 0 Å². The molecule has 1 aliphatic heterocycles. The third kappa shape index (κ3) is 3.48. The number of halogens is 2. The molecule has 1 unspecified atom stereocenters. The van der Waals surface area contributed by atoms with E-state index in [1.165, 1.54) is 6.07 Å². The fourth-order valence-corrected chi connectivity index (χ4v) is 3.34. The quantitative estimate of drug-likeness (QED) is 0.855. The fourth-order valence-electron chi connectivity index (χ4n) is 1.98. The van der Waals surface area contributed by atoms with Crippen molar-refractivity contribution in [1.29, 1.82) is 0 Å². The maximum atomic E-state index is 13.6. The second kappa shape index (κ2) is 6.36. The first kappa shape index (κ1) is 15.7. The van der Waals surface area contributed by atoms with Crippen molar-refractivity contribution in [3.05, 3.63) is 28.5 Å². The topological polar surface area (TPSA) is 81.4 Å². The highest BCUT2D eigenvalue weighted by Gasteiger charge is 2.22. The lowest BCUT2D eigenvalue weighted by molar-refractivity contribution is 0.186. The molecule has 3 N–H and O–H groups in total. The number of sulfonamides is 1. The second-order valence-corrected chi connectivity index (χ2v) is 6.81. The molecule has 5 nitrogen and oxygen atoms in total. The summed E-state index contributed by atoms with van der Waals surface area (Å²) in [4.78, 5) is -0.168. The summed E-state index contributed by atoms with van der Waals surface area (Å²) in [5, 5.41) is -0.143. The number of hydrogen-bond acceptors (Lipinski definition) is 4. The molecule has 112 valence electrons. The van der Waals surface area contributed by atoms with E-state index in [2.05, 4.69) is 4.72 Å². The zero-order valence-electron chi connectivity index (χ0n) is 10.7. The summed E-state index contributed by atoms with van der Waals surface area (Å²) >= 11 is 5.71. The molecule has 0 bridgehead atoms. The summed E-state index contributed by atoms with van der Waals surface area (Å²) in [5.41, 5.74) is 5.68. The van der Waals surface area contributed by atoms with E-state index in [0.717, 1.165) is 12.5 Å². The summed E-state index contributed by atoms with van der Waals surface area (Å²) in [6, 6.07) is 2.19. The summed E-state index contributed by atoms with van der Waals surface area (Å²) < 4.78 is 45.5. The van der Waals surface area contributed by atoms with Gasteiger partial charge in [0, 0.05) is 19.7 Å². The Morgan fingerprint density at radius 2 is 2.25 bits per heavy atom. The highest BCUT2D eigenvalue weighted by Crippen LogP contribution is 2.24. The summed E-state index contributed by atoms with van der Waals surface area (Å²) in [6.07, 6.45) is 0.811. The smallest absolute Gasteiger partial charge is 0.240 e. The number of benzene rings is 1. The molecule has 1 saturated heterocycles. The average Bonchev–Trinajstić information content (AvgIpc) is 2.92. The molecular weight excluding hydrogens is 307 g/mol. The van der Waals surface area contributed by atoms with Crippen LogP contribution in [0.5, 0.6) is 0 Å². The van der Waals surface area contributed by atoms with Crippen LogP contribution in [0.25, 0.3) is 0 Å². The molecule has 0 spiro atoms. The van der Waals surface area contributed by atoms with E-state index in [9.17, 15) is 12.8 Å². The molecule has 1 aliphatic rings. The zero-order valence-corrected chi connectivity index (χ0v) is 12.3. The van der Waals surface area contributed by atoms with Crippen molar-refractivity contribution in [3.63, 3.8) is 0 Å². The van der Waals surface area contributed by atoms with Crippen molar-refractivity contribution in [2.45, 2.75) is 17.9 Å². The maximum absolute atomic E-state index is 13.6. The van der Waals surface area contributed by atoms with Gasteiger partial charge >= 0.3 is 0 Å². The minimum absolute atomic E-state index is 0.0322. The Kier molecular flexibility index (Phi) is 4.98. The molecule has 20 heavy (non-hydrogen) atoms. The number of ether oxygens (including phenoxy) is 1. The lowest BCUT2D eigenvalue weighted by Gasteiger charge is -2.12. The van der Waals surface area contributed by atoms with Gasteiger partial charge in [-0.15, -0.1) is 0 Å². The van der Waals surface area contributed by atoms with Crippen molar-refractivity contribution in [3.8, 4) is 0 Å². The molecule has 0 amide bonds. The van der Waals surface area contributed by atoms with Crippen molar-refractivity contribution >= 4 is 21.6 Å². The molecule has 1 atom stereocenters. The second-order valence-electron chi connectivity index (χ2n) is 4.66. The standard InChI is InChI=1S/C12H16ClFN2O3S/c13-12-9(5-15)3-10(4-11(12)14)20(17,18)16-6-8-1-2-19-7-8/h3-4,8,16H,1-2,5-7,15H2. The highest BCUT2D eigenvalue weighted by molar-refractivity contribution is 7.89. The normalized spacial score (nSPS) is 19.4. The fraction of sp³-hybridized carbons (Fsp3) is 0.500. The van der Waals surface area contributed by atoms with Gasteiger partial charge < -0.3 is 10.5 Å². The number of rotatable bonds is 5. The van der Waals surface area contributed by atoms with E-state index in [0.29, 0.717) is 13.2 Å². The first-order chi connectivity index (χ1) is 9.44. The van der Waals surface area contributed by atoms with Gasteiger partial charge in [-0.05, 0) is 30.0 Å². The van der Waals surface area contributed by atoms with Crippen LogP contribution in [0.2, 0.25) is 5.02 Å². The first-order valence-corrected chi connectivity index (χ1v) is 8.05. The minimum atomic E-state index is -3.78. The molecule has 1 fully saturated rings.